The van der Waals surface area contributed by atoms with Crippen molar-refractivity contribution in [3.05, 3.63) is 60.3 Å². The van der Waals surface area contributed by atoms with E-state index in [2.05, 4.69) is 26.7 Å². The van der Waals surface area contributed by atoms with Crippen LogP contribution in [0.25, 0.3) is 11.3 Å². The number of ether oxygens (including phenoxy) is 1. The molecule has 1 aliphatic heterocycles. The largest absolute Gasteiger partial charge is 0.455 e. The highest BCUT2D eigenvalue weighted by Gasteiger charge is 2.45. The Kier molecular flexibility index (Phi) is 4.75. The molecule has 2 aliphatic rings. The number of hydrogen-bond acceptors (Lipinski definition) is 6. The van der Waals surface area contributed by atoms with Gasteiger partial charge in [0.2, 0.25) is 0 Å². The number of pyridine rings is 1. The van der Waals surface area contributed by atoms with Gasteiger partial charge in [-0.2, -0.15) is 10.4 Å². The molecule has 2 bridgehead atoms. The number of benzene rings is 1. The van der Waals surface area contributed by atoms with Crippen LogP contribution >= 0.6 is 0 Å². The summed E-state index contributed by atoms with van der Waals surface area (Å²) in [5, 5.41) is 19.3. The molecule has 2 N–H and O–H groups in total. The molecule has 3 heterocycles. The van der Waals surface area contributed by atoms with Gasteiger partial charge in [0, 0.05) is 18.3 Å². The Morgan fingerprint density at radius 3 is 2.90 bits per heavy atom. The standard InChI is InChI=1S/C22H19FN6O2/c23-14-1-3-15(4-2-14)31-21-10-25-6-5-16(21)17-9-19(28-27-17)22(30)26-18-7-13-8-20(18)29(11-13)12-24/h1-6,9-10,13,18,20H,7-8,11H2,(H,26,30)(H,27,28). The molecule has 2 aromatic heterocycles. The van der Waals surface area contributed by atoms with Gasteiger partial charge < -0.3 is 15.0 Å². The molecule has 31 heavy (non-hydrogen) atoms. The van der Waals surface area contributed by atoms with Gasteiger partial charge in [-0.15, -0.1) is 0 Å². The molecule has 1 aliphatic carbocycles. The van der Waals surface area contributed by atoms with Crippen molar-refractivity contribution in [2.24, 2.45) is 5.92 Å². The minimum absolute atomic E-state index is 0.0515. The van der Waals surface area contributed by atoms with Crippen LogP contribution in [0.1, 0.15) is 23.3 Å². The molecule has 1 saturated heterocycles. The van der Waals surface area contributed by atoms with E-state index in [-0.39, 0.29) is 29.5 Å². The third kappa shape index (κ3) is 3.68. The highest BCUT2D eigenvalue weighted by molar-refractivity contribution is 5.93. The number of aromatic amines is 1. The molecule has 0 spiro atoms. The molecule has 3 unspecified atom stereocenters. The van der Waals surface area contributed by atoms with Crippen molar-refractivity contribution in [2.45, 2.75) is 24.9 Å². The van der Waals surface area contributed by atoms with Crippen molar-refractivity contribution in [3.8, 4) is 28.9 Å². The van der Waals surface area contributed by atoms with Crippen molar-refractivity contribution < 1.29 is 13.9 Å². The second-order valence-corrected chi connectivity index (χ2v) is 7.83. The summed E-state index contributed by atoms with van der Waals surface area (Å²) in [7, 11) is 0. The Morgan fingerprint density at radius 1 is 1.29 bits per heavy atom. The molecular formula is C22H19FN6O2. The lowest BCUT2D eigenvalue weighted by molar-refractivity contribution is 0.0907. The molecule has 8 nitrogen and oxygen atoms in total. The highest BCUT2D eigenvalue weighted by atomic mass is 19.1. The summed E-state index contributed by atoms with van der Waals surface area (Å²) in [6.07, 6.45) is 7.19. The van der Waals surface area contributed by atoms with Gasteiger partial charge in [-0.3, -0.25) is 14.9 Å². The van der Waals surface area contributed by atoms with Gasteiger partial charge in [0.15, 0.2) is 17.6 Å². The average molecular weight is 418 g/mol. The number of rotatable bonds is 5. The van der Waals surface area contributed by atoms with E-state index in [4.69, 9.17) is 4.74 Å². The third-order valence-electron chi connectivity index (χ3n) is 5.85. The average Bonchev–Trinajstić information content (AvgIpc) is 3.51. The lowest BCUT2D eigenvalue weighted by Gasteiger charge is -2.29. The van der Waals surface area contributed by atoms with E-state index in [1.165, 1.54) is 24.3 Å². The summed E-state index contributed by atoms with van der Waals surface area (Å²) >= 11 is 0. The monoisotopic (exact) mass is 418 g/mol. The number of piperidine rings is 1. The SMILES string of the molecule is N#CN1CC2CC(NC(=O)c3cc(-c4ccncc4Oc4ccc(F)cc4)[nH]n3)C1C2. The number of likely N-dealkylation sites (tertiary alicyclic amines) is 1. The van der Waals surface area contributed by atoms with E-state index in [0.29, 0.717) is 28.7 Å². The minimum atomic E-state index is -0.351. The summed E-state index contributed by atoms with van der Waals surface area (Å²) in [4.78, 5) is 18.6. The van der Waals surface area contributed by atoms with E-state index in [0.717, 1.165) is 19.4 Å². The first kappa shape index (κ1) is 19.1. The molecule has 156 valence electrons. The van der Waals surface area contributed by atoms with Crippen molar-refractivity contribution in [3.63, 3.8) is 0 Å². The quantitative estimate of drug-likeness (QED) is 0.617. The normalized spacial score (nSPS) is 21.7. The lowest BCUT2D eigenvalue weighted by atomic mass is 10.1. The molecular weight excluding hydrogens is 399 g/mol. The van der Waals surface area contributed by atoms with Gasteiger partial charge in [0.25, 0.3) is 5.91 Å². The molecule has 5 rings (SSSR count). The second kappa shape index (κ2) is 7.72. The summed E-state index contributed by atoms with van der Waals surface area (Å²) in [6, 6.07) is 9.08. The number of carbonyl (C=O) groups excluding carboxylic acids is 1. The van der Waals surface area contributed by atoms with Crippen LogP contribution in [0.5, 0.6) is 11.5 Å². The van der Waals surface area contributed by atoms with E-state index in [1.54, 1.807) is 29.4 Å². The molecule has 1 amide bonds. The Balaban J connectivity index is 1.32. The first-order valence-corrected chi connectivity index (χ1v) is 10.0. The number of aromatic nitrogens is 3. The van der Waals surface area contributed by atoms with Crippen LogP contribution in [0, 0.1) is 23.2 Å². The van der Waals surface area contributed by atoms with Crippen molar-refractivity contribution >= 4 is 5.91 Å². The summed E-state index contributed by atoms with van der Waals surface area (Å²) in [5.41, 5.74) is 1.52. The fraction of sp³-hybridized carbons (Fsp3) is 0.273. The van der Waals surface area contributed by atoms with Gasteiger partial charge in [-0.05, 0) is 55.2 Å². The van der Waals surface area contributed by atoms with Gasteiger partial charge in [-0.25, -0.2) is 4.39 Å². The number of hydrogen-bond donors (Lipinski definition) is 2. The Labute approximate surface area is 177 Å². The summed E-state index contributed by atoms with van der Waals surface area (Å²) < 4.78 is 19.0. The number of nitriles is 1. The minimum Gasteiger partial charge on any atom is -0.455 e. The molecule has 1 aromatic carbocycles. The van der Waals surface area contributed by atoms with Crippen molar-refractivity contribution in [1.29, 1.82) is 5.26 Å². The smallest absolute Gasteiger partial charge is 0.272 e. The van der Waals surface area contributed by atoms with Crippen LogP contribution in [0.4, 0.5) is 4.39 Å². The van der Waals surface area contributed by atoms with Gasteiger partial charge in [0.1, 0.15) is 11.6 Å². The number of fused-ring (bicyclic) bond motifs is 2. The molecule has 3 atom stereocenters. The third-order valence-corrected chi connectivity index (χ3v) is 5.85. The maximum Gasteiger partial charge on any atom is 0.272 e. The van der Waals surface area contributed by atoms with Crippen LogP contribution in [0.3, 0.4) is 0 Å². The van der Waals surface area contributed by atoms with E-state index < -0.39 is 0 Å². The maximum atomic E-state index is 13.1. The number of H-pyrrole nitrogens is 1. The molecule has 3 aromatic rings. The van der Waals surface area contributed by atoms with Gasteiger partial charge >= 0.3 is 0 Å². The fourth-order valence-electron chi connectivity index (χ4n) is 4.43. The Morgan fingerprint density at radius 2 is 2.13 bits per heavy atom. The predicted octanol–water partition coefficient (Wildman–Crippen LogP) is 3.08. The summed E-state index contributed by atoms with van der Waals surface area (Å²) in [6.45, 7) is 0.777. The topological polar surface area (TPSA) is 107 Å². The molecule has 2 fully saturated rings. The number of carbonyl (C=O) groups is 1. The Bertz CT molecular complexity index is 1160. The van der Waals surface area contributed by atoms with Crippen molar-refractivity contribution in [2.75, 3.05) is 6.54 Å². The lowest BCUT2D eigenvalue weighted by Crippen LogP contribution is -2.48. The Hall–Kier alpha value is -3.93. The maximum absolute atomic E-state index is 13.1. The van der Waals surface area contributed by atoms with Crippen LogP contribution in [-0.4, -0.2) is 44.6 Å². The van der Waals surface area contributed by atoms with Crippen LogP contribution in [0.15, 0.2) is 48.8 Å². The zero-order valence-electron chi connectivity index (χ0n) is 16.5. The van der Waals surface area contributed by atoms with E-state index in [1.807, 2.05) is 0 Å². The first-order chi connectivity index (χ1) is 15.1. The predicted molar refractivity (Wildman–Crippen MR) is 108 cm³/mol. The van der Waals surface area contributed by atoms with Gasteiger partial charge in [0.05, 0.1) is 24.0 Å². The number of nitrogens with zero attached hydrogens (tertiary/aromatic N) is 4. The highest BCUT2D eigenvalue weighted by Crippen LogP contribution is 2.37. The number of halogens is 1. The summed E-state index contributed by atoms with van der Waals surface area (Å²) in [5.74, 6) is 0.728. The van der Waals surface area contributed by atoms with Crippen LogP contribution in [0.2, 0.25) is 0 Å². The molecule has 0 radical (unpaired) electrons. The van der Waals surface area contributed by atoms with E-state index in [9.17, 15) is 14.4 Å². The zero-order chi connectivity index (χ0) is 21.4. The molecule has 1 saturated carbocycles. The van der Waals surface area contributed by atoms with Crippen molar-refractivity contribution in [1.82, 2.24) is 25.4 Å². The zero-order valence-corrected chi connectivity index (χ0v) is 16.5. The van der Waals surface area contributed by atoms with Gasteiger partial charge in [-0.1, -0.05) is 0 Å². The fourth-order valence-corrected chi connectivity index (χ4v) is 4.43. The second-order valence-electron chi connectivity index (χ2n) is 7.83. The van der Waals surface area contributed by atoms with E-state index >= 15 is 0 Å². The first-order valence-electron chi connectivity index (χ1n) is 10.0. The number of nitrogens with one attached hydrogen (secondary N) is 2. The molecule has 9 heteroatoms. The number of amides is 1. The van der Waals surface area contributed by atoms with Crippen LogP contribution < -0.4 is 10.1 Å². The van der Waals surface area contributed by atoms with Crippen LogP contribution in [-0.2, 0) is 0 Å².